The van der Waals surface area contributed by atoms with Gasteiger partial charge in [0, 0.05) is 36.6 Å². The third kappa shape index (κ3) is 5.12. The minimum atomic E-state index is 0.0888. The van der Waals surface area contributed by atoms with Crippen LogP contribution < -0.4 is 5.73 Å². The van der Waals surface area contributed by atoms with Crippen molar-refractivity contribution in [1.82, 2.24) is 24.6 Å². The zero-order valence-electron chi connectivity index (χ0n) is 21.6. The van der Waals surface area contributed by atoms with Gasteiger partial charge in [0.05, 0.1) is 11.7 Å². The van der Waals surface area contributed by atoms with Gasteiger partial charge >= 0.3 is 0 Å². The van der Waals surface area contributed by atoms with E-state index in [0.717, 1.165) is 13.1 Å². The number of hydrogen-bond donors (Lipinski definition) is 1. The molecule has 0 amide bonds. The predicted molar refractivity (Wildman–Crippen MR) is 136 cm³/mol. The van der Waals surface area contributed by atoms with Crippen molar-refractivity contribution in [3.05, 3.63) is 41.9 Å². The smallest absolute Gasteiger partial charge is 0.123 e. The number of aryl methyl sites for hydroxylation is 1. The van der Waals surface area contributed by atoms with Crippen molar-refractivity contribution in [3.63, 3.8) is 0 Å². The van der Waals surface area contributed by atoms with Gasteiger partial charge in [0.2, 0.25) is 0 Å². The second-order valence-corrected chi connectivity index (χ2v) is 11.8. The number of nitrogens with zero attached hydrogens (tertiary/aromatic N) is 5. The number of nitrogens with two attached hydrogens (primary N) is 1. The molecule has 2 fully saturated rings. The Morgan fingerprint density at radius 1 is 0.970 bits per heavy atom. The fourth-order valence-corrected chi connectivity index (χ4v) is 6.55. The summed E-state index contributed by atoms with van der Waals surface area (Å²) in [5.74, 6) is 1.22. The molecule has 0 spiro atoms. The Hall–Kier alpha value is -1.92. The number of aromatic nitrogens is 3. The van der Waals surface area contributed by atoms with Crippen LogP contribution in [-0.2, 0) is 7.05 Å². The first-order chi connectivity index (χ1) is 15.6. The summed E-state index contributed by atoms with van der Waals surface area (Å²) in [6.07, 6.45) is 11.3. The van der Waals surface area contributed by atoms with Crippen molar-refractivity contribution in [3.8, 4) is 0 Å². The molecule has 2 aromatic rings. The molecule has 6 heteroatoms. The summed E-state index contributed by atoms with van der Waals surface area (Å²) in [5.41, 5.74) is 8.95. The standard InChI is InChI=1S/C27H44N6/c1-26(2,3)33-17-9-10-21(25(33)23-13-15-30-31(23)6)19-27(4,5)32-16-8-7-11-22(32)20-12-14-29-24(28)18-20/h12-15,18,21-22,25H,7-11,16-17,19H2,1-6H3,(H2,28,29)/t21?,22-,25+/m0/s1. The fourth-order valence-electron chi connectivity index (χ4n) is 6.55. The topological polar surface area (TPSA) is 63.2 Å². The Labute approximate surface area is 200 Å². The van der Waals surface area contributed by atoms with Gasteiger partial charge in [-0.15, -0.1) is 0 Å². The molecule has 2 saturated heterocycles. The fraction of sp³-hybridized carbons (Fsp3) is 0.704. The van der Waals surface area contributed by atoms with E-state index in [1.54, 1.807) is 0 Å². The normalized spacial score (nSPS) is 25.9. The summed E-state index contributed by atoms with van der Waals surface area (Å²) in [6.45, 7) is 14.3. The van der Waals surface area contributed by atoms with Crippen molar-refractivity contribution in [1.29, 1.82) is 0 Å². The quantitative estimate of drug-likeness (QED) is 0.663. The van der Waals surface area contributed by atoms with Gasteiger partial charge < -0.3 is 5.73 Å². The minimum absolute atomic E-state index is 0.0888. The van der Waals surface area contributed by atoms with Crippen LogP contribution in [0.25, 0.3) is 0 Å². The number of anilines is 1. The van der Waals surface area contributed by atoms with Crippen LogP contribution in [0.15, 0.2) is 30.6 Å². The van der Waals surface area contributed by atoms with E-state index in [9.17, 15) is 0 Å². The molecule has 182 valence electrons. The number of hydrogen-bond acceptors (Lipinski definition) is 5. The van der Waals surface area contributed by atoms with Crippen LogP contribution in [0.2, 0.25) is 0 Å². The Morgan fingerprint density at radius 2 is 1.73 bits per heavy atom. The van der Waals surface area contributed by atoms with E-state index < -0.39 is 0 Å². The average Bonchev–Trinajstić information content (AvgIpc) is 3.18. The summed E-state index contributed by atoms with van der Waals surface area (Å²) in [7, 11) is 2.10. The van der Waals surface area contributed by atoms with Crippen LogP contribution in [0.5, 0.6) is 0 Å². The van der Waals surface area contributed by atoms with E-state index >= 15 is 0 Å². The van der Waals surface area contributed by atoms with Gasteiger partial charge in [0.1, 0.15) is 5.82 Å². The monoisotopic (exact) mass is 452 g/mol. The van der Waals surface area contributed by atoms with Crippen LogP contribution in [-0.4, -0.2) is 48.7 Å². The molecule has 4 rings (SSSR count). The lowest BCUT2D eigenvalue weighted by atomic mass is 9.75. The second-order valence-electron chi connectivity index (χ2n) is 11.8. The van der Waals surface area contributed by atoms with E-state index in [1.165, 1.54) is 49.8 Å². The highest BCUT2D eigenvalue weighted by Gasteiger charge is 2.44. The van der Waals surface area contributed by atoms with Crippen LogP contribution in [0.4, 0.5) is 5.82 Å². The van der Waals surface area contributed by atoms with Gasteiger partial charge in [-0.25, -0.2) is 4.98 Å². The molecule has 2 aliphatic rings. The van der Waals surface area contributed by atoms with E-state index in [4.69, 9.17) is 5.73 Å². The van der Waals surface area contributed by atoms with Crippen LogP contribution >= 0.6 is 0 Å². The Balaban J connectivity index is 1.63. The maximum Gasteiger partial charge on any atom is 0.123 e. The van der Waals surface area contributed by atoms with Gasteiger partial charge in [-0.1, -0.05) is 6.42 Å². The summed E-state index contributed by atoms with van der Waals surface area (Å²) >= 11 is 0. The average molecular weight is 453 g/mol. The molecule has 6 nitrogen and oxygen atoms in total. The van der Waals surface area contributed by atoms with Gasteiger partial charge in [0.15, 0.2) is 0 Å². The molecule has 2 N–H and O–H groups in total. The molecule has 2 aromatic heterocycles. The lowest BCUT2D eigenvalue weighted by Crippen LogP contribution is -2.54. The van der Waals surface area contributed by atoms with Crippen molar-refractivity contribution in [2.24, 2.45) is 13.0 Å². The summed E-state index contributed by atoms with van der Waals surface area (Å²) < 4.78 is 2.10. The maximum absolute atomic E-state index is 6.07. The van der Waals surface area contributed by atoms with E-state index in [1.807, 2.05) is 12.4 Å². The predicted octanol–water partition coefficient (Wildman–Crippen LogP) is 5.34. The molecular weight excluding hydrogens is 408 g/mol. The van der Waals surface area contributed by atoms with Crippen molar-refractivity contribution < 1.29 is 0 Å². The molecule has 2 aliphatic heterocycles. The molecule has 0 aliphatic carbocycles. The number of pyridine rings is 1. The molecule has 3 atom stereocenters. The first kappa shape index (κ1) is 24.2. The lowest BCUT2D eigenvalue weighted by Gasteiger charge is -2.52. The van der Waals surface area contributed by atoms with Gasteiger partial charge in [-0.05, 0) is 109 Å². The third-order valence-electron chi connectivity index (χ3n) is 8.01. The molecule has 0 radical (unpaired) electrons. The number of likely N-dealkylation sites (tertiary alicyclic amines) is 2. The zero-order chi connectivity index (χ0) is 23.8. The van der Waals surface area contributed by atoms with E-state index in [-0.39, 0.29) is 11.1 Å². The van der Waals surface area contributed by atoms with Crippen LogP contribution in [0, 0.1) is 5.92 Å². The summed E-state index contributed by atoms with van der Waals surface area (Å²) in [5, 5.41) is 4.55. The summed E-state index contributed by atoms with van der Waals surface area (Å²) in [6, 6.07) is 7.29. The van der Waals surface area contributed by atoms with E-state index in [0.29, 0.717) is 23.8 Å². The SMILES string of the molecule is Cn1nccc1[C@H]1C(CC(C)(C)N2CCCC[C@H]2c2ccnc(N)c2)CCCN1C(C)(C)C. The zero-order valence-corrected chi connectivity index (χ0v) is 21.6. The Kier molecular flexibility index (Phi) is 6.88. The first-order valence-corrected chi connectivity index (χ1v) is 12.8. The Morgan fingerprint density at radius 3 is 2.39 bits per heavy atom. The number of nitrogen functional groups attached to an aromatic ring is 1. The number of rotatable bonds is 5. The molecule has 0 bridgehead atoms. The molecule has 0 saturated carbocycles. The number of piperidine rings is 2. The van der Waals surface area contributed by atoms with Crippen LogP contribution in [0.3, 0.4) is 0 Å². The third-order valence-corrected chi connectivity index (χ3v) is 8.01. The molecule has 33 heavy (non-hydrogen) atoms. The highest BCUT2D eigenvalue weighted by molar-refractivity contribution is 5.34. The van der Waals surface area contributed by atoms with Crippen molar-refractivity contribution >= 4 is 5.82 Å². The first-order valence-electron chi connectivity index (χ1n) is 12.8. The lowest BCUT2D eigenvalue weighted by molar-refractivity contribution is -0.0299. The largest absolute Gasteiger partial charge is 0.384 e. The van der Waals surface area contributed by atoms with Crippen molar-refractivity contribution in [2.75, 3.05) is 18.8 Å². The molecule has 1 unspecified atom stereocenters. The van der Waals surface area contributed by atoms with Gasteiger partial charge in [0.25, 0.3) is 0 Å². The highest BCUT2D eigenvalue weighted by atomic mass is 15.3. The molecule has 0 aromatic carbocycles. The molecular formula is C27H44N6. The maximum atomic E-state index is 6.07. The summed E-state index contributed by atoms with van der Waals surface area (Å²) in [4.78, 5) is 9.73. The van der Waals surface area contributed by atoms with Crippen LogP contribution in [0.1, 0.15) is 96.5 Å². The van der Waals surface area contributed by atoms with Gasteiger partial charge in [-0.3, -0.25) is 14.5 Å². The minimum Gasteiger partial charge on any atom is -0.384 e. The molecule has 4 heterocycles. The van der Waals surface area contributed by atoms with E-state index in [2.05, 4.69) is 84.4 Å². The highest BCUT2D eigenvalue weighted by Crippen LogP contribution is 2.46. The Bertz CT molecular complexity index is 927. The van der Waals surface area contributed by atoms with Gasteiger partial charge in [-0.2, -0.15) is 5.10 Å². The van der Waals surface area contributed by atoms with Crippen molar-refractivity contribution in [2.45, 2.75) is 96.3 Å². The second kappa shape index (κ2) is 9.38.